The second kappa shape index (κ2) is 7.20. The maximum Gasteiger partial charge on any atom is 0.226 e. The summed E-state index contributed by atoms with van der Waals surface area (Å²) in [7, 11) is 1.63. The number of hydrogen-bond acceptors (Lipinski definition) is 3. The molecule has 3 heterocycles. The highest BCUT2D eigenvalue weighted by Crippen LogP contribution is 2.43. The van der Waals surface area contributed by atoms with Crippen molar-refractivity contribution in [3.05, 3.63) is 77.9 Å². The number of amides is 1. The lowest BCUT2D eigenvalue weighted by molar-refractivity contribution is -0.132. The number of carbonyl (C=O) groups is 1. The lowest BCUT2D eigenvalue weighted by atomic mass is 9.82. The minimum absolute atomic E-state index is 0.132. The van der Waals surface area contributed by atoms with Gasteiger partial charge < -0.3 is 19.5 Å². The quantitative estimate of drug-likeness (QED) is 0.713. The molecule has 1 amide bonds. The van der Waals surface area contributed by atoms with Gasteiger partial charge in [0.25, 0.3) is 0 Å². The third-order valence-electron chi connectivity index (χ3n) is 6.32. The van der Waals surface area contributed by atoms with Crippen molar-refractivity contribution in [1.82, 2.24) is 9.47 Å². The van der Waals surface area contributed by atoms with Crippen LogP contribution in [0.15, 0.2) is 60.8 Å². The number of halogens is 1. The summed E-state index contributed by atoms with van der Waals surface area (Å²) in [5.74, 6) is 0.668. The van der Waals surface area contributed by atoms with E-state index in [0.717, 1.165) is 35.5 Å². The third kappa shape index (κ3) is 3.12. The molecule has 1 fully saturated rings. The summed E-state index contributed by atoms with van der Waals surface area (Å²) >= 11 is 0. The Labute approximate surface area is 175 Å². The van der Waals surface area contributed by atoms with Crippen LogP contribution < -0.4 is 10.1 Å². The van der Waals surface area contributed by atoms with Crippen LogP contribution in [0.1, 0.15) is 24.1 Å². The number of aromatic nitrogens is 1. The van der Waals surface area contributed by atoms with Gasteiger partial charge in [0.15, 0.2) is 0 Å². The predicted octanol–water partition coefficient (Wildman–Crippen LogP) is 4.11. The van der Waals surface area contributed by atoms with Gasteiger partial charge in [0.05, 0.1) is 30.4 Å². The predicted molar refractivity (Wildman–Crippen MR) is 114 cm³/mol. The van der Waals surface area contributed by atoms with Crippen LogP contribution in [0, 0.1) is 5.82 Å². The molecule has 2 aliphatic heterocycles. The molecule has 1 aromatic heterocycles. The zero-order valence-electron chi connectivity index (χ0n) is 16.9. The minimum atomic E-state index is -0.290. The van der Waals surface area contributed by atoms with E-state index in [1.165, 1.54) is 11.8 Å². The Morgan fingerprint density at radius 2 is 1.90 bits per heavy atom. The number of rotatable bonds is 3. The van der Waals surface area contributed by atoms with E-state index in [0.29, 0.717) is 19.5 Å². The largest absolute Gasteiger partial charge is 0.497 e. The molecule has 30 heavy (non-hydrogen) atoms. The van der Waals surface area contributed by atoms with Crippen LogP contribution in [0.3, 0.4) is 0 Å². The first-order valence-electron chi connectivity index (χ1n) is 10.2. The van der Waals surface area contributed by atoms with Crippen LogP contribution in [0.2, 0.25) is 0 Å². The van der Waals surface area contributed by atoms with Gasteiger partial charge in [0.1, 0.15) is 11.6 Å². The first-order valence-corrected chi connectivity index (χ1v) is 10.2. The van der Waals surface area contributed by atoms with Gasteiger partial charge in [-0.15, -0.1) is 0 Å². The average Bonchev–Trinajstić information content (AvgIpc) is 3.26. The zero-order chi connectivity index (χ0) is 20.7. The van der Waals surface area contributed by atoms with Crippen molar-refractivity contribution in [2.45, 2.75) is 24.8 Å². The van der Waals surface area contributed by atoms with Crippen LogP contribution in [0.5, 0.6) is 5.75 Å². The molecule has 5 nitrogen and oxygen atoms in total. The molecule has 1 saturated heterocycles. The third-order valence-corrected chi connectivity index (χ3v) is 6.32. The molecule has 154 valence electrons. The maximum atomic E-state index is 13.9. The second-order valence-corrected chi connectivity index (χ2v) is 8.04. The van der Waals surface area contributed by atoms with Crippen LogP contribution in [-0.2, 0) is 16.8 Å². The van der Waals surface area contributed by atoms with Crippen LogP contribution in [-0.4, -0.2) is 35.6 Å². The summed E-state index contributed by atoms with van der Waals surface area (Å²) in [6, 6.07) is 16.6. The monoisotopic (exact) mass is 405 g/mol. The molecule has 0 aliphatic carbocycles. The Hall–Kier alpha value is -3.28. The van der Waals surface area contributed by atoms with Crippen LogP contribution >= 0.6 is 0 Å². The van der Waals surface area contributed by atoms with Gasteiger partial charge in [-0.25, -0.2) is 4.39 Å². The van der Waals surface area contributed by atoms with Crippen molar-refractivity contribution in [2.75, 3.05) is 25.5 Å². The Bertz CT molecular complexity index is 1080. The second-order valence-electron chi connectivity index (χ2n) is 8.04. The Morgan fingerprint density at radius 3 is 2.63 bits per heavy atom. The molecule has 5 rings (SSSR count). The van der Waals surface area contributed by atoms with Crippen molar-refractivity contribution in [3.8, 4) is 11.4 Å². The fourth-order valence-electron chi connectivity index (χ4n) is 4.67. The topological polar surface area (TPSA) is 46.5 Å². The number of anilines is 1. The number of carbonyl (C=O) groups excluding carboxylic acids is 1. The standard InChI is InChI=1S/C24H24FN3O2/c1-30-19-7-4-17(5-8-19)15-23(29)27-13-10-24(11-14-27)22-3-2-12-28(22)21-9-6-18(25)16-20(21)26-24/h2-9,12,16,26H,10-11,13-15H2,1H3. The normalized spacial score (nSPS) is 16.5. The van der Waals surface area contributed by atoms with Gasteiger partial charge in [-0.2, -0.15) is 0 Å². The fraction of sp³-hybridized carbons (Fsp3) is 0.292. The van der Waals surface area contributed by atoms with E-state index in [-0.39, 0.29) is 17.3 Å². The molecule has 0 bridgehead atoms. The number of nitrogens with one attached hydrogen (secondary N) is 1. The highest BCUT2D eigenvalue weighted by Gasteiger charge is 2.42. The summed E-state index contributed by atoms with van der Waals surface area (Å²) in [5, 5.41) is 3.60. The minimum Gasteiger partial charge on any atom is -0.497 e. The van der Waals surface area contributed by atoms with Gasteiger partial charge in [0.2, 0.25) is 5.91 Å². The number of benzene rings is 2. The van der Waals surface area contributed by atoms with Gasteiger partial charge in [-0.3, -0.25) is 4.79 Å². The van der Waals surface area contributed by atoms with E-state index in [2.05, 4.69) is 16.0 Å². The van der Waals surface area contributed by atoms with Crippen molar-refractivity contribution >= 4 is 11.6 Å². The van der Waals surface area contributed by atoms with E-state index in [9.17, 15) is 9.18 Å². The Morgan fingerprint density at radius 1 is 1.13 bits per heavy atom. The number of likely N-dealkylation sites (tertiary alicyclic amines) is 1. The van der Waals surface area contributed by atoms with E-state index >= 15 is 0 Å². The molecule has 1 N–H and O–H groups in total. The number of ether oxygens (including phenoxy) is 1. The molecule has 0 unspecified atom stereocenters. The summed E-state index contributed by atoms with van der Waals surface area (Å²) in [6.45, 7) is 1.33. The SMILES string of the molecule is COc1ccc(CC(=O)N2CCC3(CC2)Nc2cc(F)ccc2-n2cccc23)cc1. The van der Waals surface area contributed by atoms with Gasteiger partial charge in [-0.1, -0.05) is 12.1 Å². The molecule has 2 aliphatic rings. The molecule has 0 atom stereocenters. The number of fused-ring (bicyclic) bond motifs is 4. The first kappa shape index (κ1) is 18.7. The van der Waals surface area contributed by atoms with Crippen LogP contribution in [0.25, 0.3) is 5.69 Å². The Kier molecular flexibility index (Phi) is 4.50. The molecule has 1 spiro atoms. The maximum absolute atomic E-state index is 13.9. The van der Waals surface area contributed by atoms with Crippen molar-refractivity contribution in [2.24, 2.45) is 0 Å². The molecule has 3 aromatic rings. The van der Waals surface area contributed by atoms with Crippen LogP contribution in [0.4, 0.5) is 10.1 Å². The molecule has 0 radical (unpaired) electrons. The lowest BCUT2D eigenvalue weighted by Gasteiger charge is -2.46. The summed E-state index contributed by atoms with van der Waals surface area (Å²) in [4.78, 5) is 14.8. The lowest BCUT2D eigenvalue weighted by Crippen LogP contribution is -2.51. The number of hydrogen-bond donors (Lipinski definition) is 1. The molecular weight excluding hydrogens is 381 g/mol. The number of methoxy groups -OCH3 is 1. The average molecular weight is 405 g/mol. The van der Waals surface area contributed by atoms with Gasteiger partial charge in [0, 0.05) is 25.0 Å². The molecule has 2 aromatic carbocycles. The first-order chi connectivity index (χ1) is 14.6. The van der Waals surface area contributed by atoms with E-state index in [1.807, 2.05) is 47.5 Å². The summed E-state index contributed by atoms with van der Waals surface area (Å²) < 4.78 is 21.2. The smallest absolute Gasteiger partial charge is 0.226 e. The van der Waals surface area contributed by atoms with E-state index in [4.69, 9.17) is 4.74 Å². The fourth-order valence-corrected chi connectivity index (χ4v) is 4.67. The molecular formula is C24H24FN3O2. The number of piperidine rings is 1. The summed E-state index contributed by atoms with van der Waals surface area (Å²) in [6.07, 6.45) is 3.97. The molecule has 6 heteroatoms. The summed E-state index contributed by atoms with van der Waals surface area (Å²) in [5.41, 5.74) is 3.62. The van der Waals surface area contributed by atoms with E-state index < -0.39 is 0 Å². The van der Waals surface area contributed by atoms with Gasteiger partial charge >= 0.3 is 0 Å². The van der Waals surface area contributed by atoms with E-state index in [1.54, 1.807) is 13.2 Å². The molecule has 0 saturated carbocycles. The van der Waals surface area contributed by atoms with Crippen molar-refractivity contribution in [1.29, 1.82) is 0 Å². The van der Waals surface area contributed by atoms with Crippen molar-refractivity contribution in [3.63, 3.8) is 0 Å². The van der Waals surface area contributed by atoms with Crippen molar-refractivity contribution < 1.29 is 13.9 Å². The van der Waals surface area contributed by atoms with Gasteiger partial charge in [-0.05, 0) is 60.9 Å². The Balaban J connectivity index is 1.32. The highest BCUT2D eigenvalue weighted by atomic mass is 19.1. The zero-order valence-corrected chi connectivity index (χ0v) is 16.9. The highest BCUT2D eigenvalue weighted by molar-refractivity contribution is 5.79. The number of nitrogens with zero attached hydrogens (tertiary/aromatic N) is 2.